The van der Waals surface area contributed by atoms with Crippen LogP contribution < -0.4 is 9.62 Å². The maximum Gasteiger partial charge on any atom is 0.337 e. The van der Waals surface area contributed by atoms with E-state index in [4.69, 9.17) is 11.6 Å². The summed E-state index contributed by atoms with van der Waals surface area (Å²) >= 11 is 7.87. The highest BCUT2D eigenvalue weighted by Crippen LogP contribution is 2.30. The third-order valence-corrected chi connectivity index (χ3v) is 7.22. The second kappa shape index (κ2) is 7.61. The number of thioether (sulfide) groups is 1. The zero-order chi connectivity index (χ0) is 19.8. The van der Waals surface area contributed by atoms with Crippen molar-refractivity contribution >= 4 is 50.7 Å². The second-order valence-electron chi connectivity index (χ2n) is 6.07. The lowest BCUT2D eigenvalue weighted by Crippen LogP contribution is -2.33. The number of carbonyl (C=O) groups is 1. The van der Waals surface area contributed by atoms with E-state index in [1.807, 2.05) is 16.7 Å². The molecule has 1 fully saturated rings. The fourth-order valence-corrected chi connectivity index (χ4v) is 5.68. The van der Waals surface area contributed by atoms with Gasteiger partial charge in [0.15, 0.2) is 0 Å². The summed E-state index contributed by atoms with van der Waals surface area (Å²) in [7, 11) is -2.46. The van der Waals surface area contributed by atoms with Crippen LogP contribution in [0.5, 0.6) is 0 Å². The van der Waals surface area contributed by atoms with E-state index in [0.717, 1.165) is 24.6 Å². The van der Waals surface area contributed by atoms with Crippen molar-refractivity contribution < 1.29 is 18.3 Å². The number of hydrogen-bond donors (Lipinski definition) is 2. The first-order valence-corrected chi connectivity index (χ1v) is 11.1. The zero-order valence-corrected chi connectivity index (χ0v) is 17.2. The fraction of sp³-hybridized carbons (Fsp3) is 0.375. The van der Waals surface area contributed by atoms with E-state index in [1.54, 1.807) is 26.1 Å². The third-order valence-electron chi connectivity index (χ3n) is 4.20. The van der Waals surface area contributed by atoms with Crippen LogP contribution in [-0.2, 0) is 17.1 Å². The van der Waals surface area contributed by atoms with Crippen LogP contribution in [0.1, 0.15) is 16.1 Å². The number of halogens is 1. The van der Waals surface area contributed by atoms with Crippen LogP contribution in [0.3, 0.4) is 0 Å². The number of carboxylic acid groups (broad SMARTS) is 1. The van der Waals surface area contributed by atoms with Crippen molar-refractivity contribution in [2.75, 3.05) is 34.2 Å². The number of carboxylic acids is 1. The normalized spacial score (nSPS) is 15.0. The topological polar surface area (TPSA) is 105 Å². The summed E-state index contributed by atoms with van der Waals surface area (Å²) in [4.78, 5) is 13.6. The molecule has 27 heavy (non-hydrogen) atoms. The summed E-state index contributed by atoms with van der Waals surface area (Å²) in [6, 6.07) is 4.52. The minimum absolute atomic E-state index is 0.0131. The summed E-state index contributed by atoms with van der Waals surface area (Å²) in [5.74, 6) is 0.734. The number of hydrogen-bond acceptors (Lipinski definition) is 6. The van der Waals surface area contributed by atoms with Crippen LogP contribution in [0.2, 0.25) is 5.15 Å². The molecule has 0 unspecified atom stereocenters. The van der Waals surface area contributed by atoms with Crippen molar-refractivity contribution in [1.29, 1.82) is 0 Å². The molecule has 2 N–H and O–H groups in total. The molecule has 0 bridgehead atoms. The highest BCUT2D eigenvalue weighted by molar-refractivity contribution is 7.99. The molecular weight excluding hydrogens is 412 g/mol. The number of anilines is 2. The van der Waals surface area contributed by atoms with Gasteiger partial charge in [-0.2, -0.15) is 16.9 Å². The van der Waals surface area contributed by atoms with E-state index < -0.39 is 16.0 Å². The minimum Gasteiger partial charge on any atom is -0.478 e. The van der Waals surface area contributed by atoms with Crippen LogP contribution in [0, 0.1) is 6.92 Å². The molecule has 0 aliphatic carbocycles. The lowest BCUT2D eigenvalue weighted by atomic mass is 10.1. The number of benzene rings is 1. The Bertz CT molecular complexity index is 985. The van der Waals surface area contributed by atoms with E-state index in [0.29, 0.717) is 5.69 Å². The molecule has 1 aromatic carbocycles. The molecule has 0 amide bonds. The van der Waals surface area contributed by atoms with Crippen molar-refractivity contribution in [1.82, 2.24) is 9.78 Å². The first-order valence-electron chi connectivity index (χ1n) is 8.12. The van der Waals surface area contributed by atoms with E-state index >= 15 is 0 Å². The lowest BCUT2D eigenvalue weighted by Gasteiger charge is -2.29. The first-order chi connectivity index (χ1) is 12.7. The van der Waals surface area contributed by atoms with Gasteiger partial charge < -0.3 is 10.0 Å². The molecule has 0 radical (unpaired) electrons. The summed E-state index contributed by atoms with van der Waals surface area (Å²) in [5, 5.41) is 13.6. The quantitative estimate of drug-likeness (QED) is 0.750. The standard InChI is InChI=1S/C16H19ClN4O4S2/c1-10-14(15(17)20(2)18-10)27(24,25)19-11-3-4-13(12(9-11)16(22)23)21-5-7-26-8-6-21/h3-4,9,19H,5-8H2,1-2H3,(H,22,23). The Hall–Kier alpha value is -1.91. The van der Waals surface area contributed by atoms with Gasteiger partial charge in [-0.3, -0.25) is 9.40 Å². The molecule has 0 spiro atoms. The van der Waals surface area contributed by atoms with Crippen LogP contribution in [0.4, 0.5) is 11.4 Å². The van der Waals surface area contributed by atoms with Crippen molar-refractivity contribution in [3.63, 3.8) is 0 Å². The molecule has 2 heterocycles. The average molecular weight is 431 g/mol. The van der Waals surface area contributed by atoms with Gasteiger partial charge in [-0.25, -0.2) is 13.2 Å². The predicted molar refractivity (Wildman–Crippen MR) is 107 cm³/mol. The monoisotopic (exact) mass is 430 g/mol. The molecule has 2 aromatic rings. The molecule has 1 aromatic heterocycles. The van der Waals surface area contributed by atoms with Crippen LogP contribution in [-0.4, -0.2) is 53.9 Å². The molecule has 1 aliphatic rings. The largest absolute Gasteiger partial charge is 0.478 e. The van der Waals surface area contributed by atoms with Crippen LogP contribution in [0.25, 0.3) is 0 Å². The SMILES string of the molecule is Cc1nn(C)c(Cl)c1S(=O)(=O)Nc1ccc(N2CCSCC2)c(C(=O)O)c1. The highest BCUT2D eigenvalue weighted by Gasteiger charge is 2.26. The van der Waals surface area contributed by atoms with Gasteiger partial charge in [0.1, 0.15) is 10.0 Å². The van der Waals surface area contributed by atoms with Crippen molar-refractivity contribution in [2.24, 2.45) is 7.05 Å². The number of nitrogens with zero attached hydrogens (tertiary/aromatic N) is 3. The Balaban J connectivity index is 1.95. The Morgan fingerprint density at radius 1 is 1.33 bits per heavy atom. The van der Waals surface area contributed by atoms with Gasteiger partial charge in [0.25, 0.3) is 10.0 Å². The zero-order valence-electron chi connectivity index (χ0n) is 14.8. The first kappa shape index (κ1) is 19.8. The highest BCUT2D eigenvalue weighted by atomic mass is 35.5. The van der Waals surface area contributed by atoms with Gasteiger partial charge in [0.2, 0.25) is 0 Å². The predicted octanol–water partition coefficient (Wildman–Crippen LogP) is 2.43. The molecule has 1 aliphatic heterocycles. The van der Waals surface area contributed by atoms with Crippen LogP contribution in [0.15, 0.2) is 23.1 Å². The van der Waals surface area contributed by atoms with Gasteiger partial charge in [-0.15, -0.1) is 0 Å². The smallest absolute Gasteiger partial charge is 0.337 e. The molecule has 8 nitrogen and oxygen atoms in total. The summed E-state index contributed by atoms with van der Waals surface area (Å²) in [5.41, 5.74) is 1.05. The molecule has 0 saturated carbocycles. The number of nitrogens with one attached hydrogen (secondary N) is 1. The van der Waals surface area contributed by atoms with Gasteiger partial charge >= 0.3 is 5.97 Å². The number of sulfonamides is 1. The van der Waals surface area contributed by atoms with Crippen molar-refractivity contribution in [3.05, 3.63) is 34.6 Å². The van der Waals surface area contributed by atoms with Gasteiger partial charge in [-0.05, 0) is 25.1 Å². The Kier molecular flexibility index (Phi) is 5.59. The number of rotatable bonds is 5. The molecular formula is C16H19ClN4O4S2. The molecule has 1 saturated heterocycles. The number of aromatic nitrogens is 2. The lowest BCUT2D eigenvalue weighted by molar-refractivity contribution is 0.0697. The van der Waals surface area contributed by atoms with E-state index in [1.165, 1.54) is 10.7 Å². The van der Waals surface area contributed by atoms with Gasteiger partial charge in [0, 0.05) is 37.3 Å². The Morgan fingerprint density at radius 2 is 2.00 bits per heavy atom. The summed E-state index contributed by atoms with van der Waals surface area (Å²) < 4.78 is 29.1. The van der Waals surface area contributed by atoms with E-state index in [9.17, 15) is 18.3 Å². The number of aromatic carboxylic acids is 1. The molecule has 0 atom stereocenters. The van der Waals surface area contributed by atoms with Crippen LogP contribution >= 0.6 is 23.4 Å². The van der Waals surface area contributed by atoms with E-state index in [2.05, 4.69) is 9.82 Å². The fourth-order valence-electron chi connectivity index (χ4n) is 2.97. The third kappa shape index (κ3) is 4.02. The number of aryl methyl sites for hydroxylation is 2. The minimum atomic E-state index is -4.01. The maximum absolute atomic E-state index is 12.7. The summed E-state index contributed by atoms with van der Waals surface area (Å²) in [6.45, 7) is 3.04. The second-order valence-corrected chi connectivity index (χ2v) is 9.27. The maximum atomic E-state index is 12.7. The van der Waals surface area contributed by atoms with Gasteiger partial charge in [0.05, 0.1) is 16.9 Å². The molecule has 146 valence electrons. The van der Waals surface area contributed by atoms with E-state index in [-0.39, 0.29) is 27.0 Å². The molecule has 3 rings (SSSR count). The Labute approximate surface area is 166 Å². The average Bonchev–Trinajstić information content (AvgIpc) is 2.88. The van der Waals surface area contributed by atoms with Crippen molar-refractivity contribution in [2.45, 2.75) is 11.8 Å². The van der Waals surface area contributed by atoms with Gasteiger partial charge in [-0.1, -0.05) is 11.6 Å². The molecule has 11 heteroatoms. The summed E-state index contributed by atoms with van der Waals surface area (Å²) in [6.07, 6.45) is 0. The Morgan fingerprint density at radius 3 is 2.56 bits per heavy atom. The van der Waals surface area contributed by atoms with Crippen molar-refractivity contribution in [3.8, 4) is 0 Å².